The maximum Gasteiger partial charge on any atom is 0.412 e. The number of imidazole rings is 1. The van der Waals surface area contributed by atoms with Crippen LogP contribution in [-0.4, -0.2) is 66.4 Å². The van der Waals surface area contributed by atoms with Gasteiger partial charge in [-0.15, -0.1) is 0 Å². The predicted molar refractivity (Wildman–Crippen MR) is 161 cm³/mol. The molecular formula is C32H36N6O5. The van der Waals surface area contributed by atoms with Crippen molar-refractivity contribution < 1.29 is 23.9 Å². The van der Waals surface area contributed by atoms with Crippen molar-refractivity contribution in [2.24, 2.45) is 13.0 Å². The second kappa shape index (κ2) is 10.9. The number of nitrogens with one attached hydrogen (secondary N) is 1. The number of rotatable bonds is 7. The molecule has 43 heavy (non-hydrogen) atoms. The van der Waals surface area contributed by atoms with Gasteiger partial charge in [-0.25, -0.2) is 19.6 Å². The number of hydrogen-bond acceptors (Lipinski definition) is 7. The summed E-state index contributed by atoms with van der Waals surface area (Å²) >= 11 is 0. The highest BCUT2D eigenvalue weighted by Gasteiger charge is 2.40. The molecule has 224 valence electrons. The molecular weight excluding hydrogens is 548 g/mol. The summed E-state index contributed by atoms with van der Waals surface area (Å²) in [6.07, 6.45) is 3.60. The molecule has 2 unspecified atom stereocenters. The van der Waals surface area contributed by atoms with Crippen LogP contribution in [0.25, 0.3) is 33.6 Å². The van der Waals surface area contributed by atoms with Crippen LogP contribution in [0.5, 0.6) is 0 Å². The van der Waals surface area contributed by atoms with Gasteiger partial charge in [0.2, 0.25) is 0 Å². The highest BCUT2D eigenvalue weighted by molar-refractivity contribution is 5.98. The van der Waals surface area contributed by atoms with Crippen LogP contribution in [-0.2, 0) is 27.9 Å². The molecule has 1 saturated heterocycles. The van der Waals surface area contributed by atoms with Crippen LogP contribution in [0.4, 0.5) is 4.79 Å². The Kier molecular flexibility index (Phi) is 7.19. The summed E-state index contributed by atoms with van der Waals surface area (Å²) in [7, 11) is 1.97. The van der Waals surface area contributed by atoms with E-state index < -0.39 is 29.9 Å². The first kappa shape index (κ1) is 28.4. The van der Waals surface area contributed by atoms with Gasteiger partial charge < -0.3 is 23.9 Å². The summed E-state index contributed by atoms with van der Waals surface area (Å²) in [5.41, 5.74) is 3.16. The minimum Gasteiger partial charge on any atom is -0.457 e. The zero-order valence-electron chi connectivity index (χ0n) is 24.9. The van der Waals surface area contributed by atoms with Crippen LogP contribution in [0, 0.1) is 5.92 Å². The van der Waals surface area contributed by atoms with E-state index in [1.54, 1.807) is 32.9 Å². The zero-order chi connectivity index (χ0) is 30.5. The SMILES string of the molecule is C=CC(=O)OC1CC(NC(=O)c2ccc3c(c2)nc(-c2cc4cccnc4n2CC2CC2)n3C)N(C(=O)OC(C)(C)C)C1. The van der Waals surface area contributed by atoms with E-state index in [9.17, 15) is 14.4 Å². The maximum atomic E-state index is 13.5. The number of hydrogen-bond donors (Lipinski definition) is 1. The van der Waals surface area contributed by atoms with Gasteiger partial charge in [-0.05, 0) is 75.9 Å². The van der Waals surface area contributed by atoms with Crippen LogP contribution < -0.4 is 5.32 Å². The molecule has 0 bridgehead atoms. The van der Waals surface area contributed by atoms with Crippen LogP contribution in [0.2, 0.25) is 0 Å². The third-order valence-electron chi connectivity index (χ3n) is 7.80. The molecule has 11 nitrogen and oxygen atoms in total. The summed E-state index contributed by atoms with van der Waals surface area (Å²) in [6.45, 7) is 9.71. The van der Waals surface area contributed by atoms with Crippen molar-refractivity contribution in [1.29, 1.82) is 0 Å². The van der Waals surface area contributed by atoms with Crippen LogP contribution in [0.15, 0.2) is 55.3 Å². The predicted octanol–water partition coefficient (Wildman–Crippen LogP) is 4.79. The Morgan fingerprint density at radius 3 is 2.67 bits per heavy atom. The number of aryl methyl sites for hydroxylation is 1. The highest BCUT2D eigenvalue weighted by Crippen LogP contribution is 2.36. The molecule has 2 fully saturated rings. The second-order valence-electron chi connectivity index (χ2n) is 12.3. The Hall–Kier alpha value is -4.67. The number of carbonyl (C=O) groups excluding carboxylic acids is 3. The summed E-state index contributed by atoms with van der Waals surface area (Å²) in [5, 5.41) is 3.99. The number of likely N-dealkylation sites (tertiary alicyclic amines) is 1. The largest absolute Gasteiger partial charge is 0.457 e. The van der Waals surface area contributed by atoms with Crippen molar-refractivity contribution in [2.45, 2.75) is 64.4 Å². The lowest BCUT2D eigenvalue weighted by Gasteiger charge is -2.28. The number of nitrogens with zero attached hydrogens (tertiary/aromatic N) is 5. The summed E-state index contributed by atoms with van der Waals surface area (Å²) < 4.78 is 15.2. The molecule has 3 aromatic heterocycles. The molecule has 2 aliphatic rings. The van der Waals surface area contributed by atoms with Gasteiger partial charge in [0.25, 0.3) is 5.91 Å². The van der Waals surface area contributed by atoms with Crippen molar-refractivity contribution in [3.8, 4) is 11.5 Å². The Morgan fingerprint density at radius 2 is 1.95 bits per heavy atom. The van der Waals surface area contributed by atoms with Crippen molar-refractivity contribution in [3.05, 3.63) is 60.8 Å². The maximum absolute atomic E-state index is 13.5. The van der Waals surface area contributed by atoms with Gasteiger partial charge in [0.1, 0.15) is 23.5 Å². The molecule has 6 rings (SSSR count). The Balaban J connectivity index is 1.27. The first-order valence-electron chi connectivity index (χ1n) is 14.6. The normalized spacial score (nSPS) is 18.7. The van der Waals surface area contributed by atoms with Gasteiger partial charge in [0.05, 0.1) is 23.3 Å². The third kappa shape index (κ3) is 5.84. The molecule has 1 aliphatic carbocycles. The van der Waals surface area contributed by atoms with E-state index in [1.807, 2.05) is 29.9 Å². The number of pyridine rings is 1. The standard InChI is InChI=1S/C32H36N6O5/c1-6-27(39)42-22-16-26(38(18-22)31(41)43-32(2,3)4)35-30(40)21-11-12-24-23(14-21)34-29(36(24)5)25-15-20-8-7-13-33-28(20)37(25)17-19-9-10-19/h6-8,11-15,19,22,26H,1,9-10,16-18H2,2-5H3,(H,35,40). The smallest absolute Gasteiger partial charge is 0.412 e. The number of carbonyl (C=O) groups is 3. The Labute approximate surface area is 249 Å². The van der Waals surface area contributed by atoms with E-state index in [-0.39, 0.29) is 18.9 Å². The molecule has 1 N–H and O–H groups in total. The lowest BCUT2D eigenvalue weighted by atomic mass is 10.1. The number of amides is 2. The minimum absolute atomic E-state index is 0.0891. The topological polar surface area (TPSA) is 121 Å². The summed E-state index contributed by atoms with van der Waals surface area (Å²) in [6, 6.07) is 11.5. The van der Waals surface area contributed by atoms with Gasteiger partial charge in [-0.1, -0.05) is 6.58 Å². The van der Waals surface area contributed by atoms with E-state index in [1.165, 1.54) is 17.7 Å². The quantitative estimate of drug-likeness (QED) is 0.245. The fraction of sp³-hybridized carbons (Fsp3) is 0.406. The monoisotopic (exact) mass is 584 g/mol. The van der Waals surface area contributed by atoms with Crippen molar-refractivity contribution in [2.75, 3.05) is 6.54 Å². The average molecular weight is 585 g/mol. The molecule has 1 saturated carbocycles. The first-order valence-corrected chi connectivity index (χ1v) is 14.6. The van der Waals surface area contributed by atoms with E-state index in [2.05, 4.69) is 33.6 Å². The van der Waals surface area contributed by atoms with E-state index in [0.717, 1.165) is 40.7 Å². The average Bonchev–Trinajstić information content (AvgIpc) is 3.46. The first-order chi connectivity index (χ1) is 20.5. The molecule has 2 amide bonds. The molecule has 4 heterocycles. The fourth-order valence-electron chi connectivity index (χ4n) is 5.57. The fourth-order valence-corrected chi connectivity index (χ4v) is 5.57. The Bertz CT molecular complexity index is 1740. The van der Waals surface area contributed by atoms with Crippen LogP contribution >= 0.6 is 0 Å². The lowest BCUT2D eigenvalue weighted by Crippen LogP contribution is -2.48. The summed E-state index contributed by atoms with van der Waals surface area (Å²) in [4.78, 5) is 49.3. The Morgan fingerprint density at radius 1 is 1.16 bits per heavy atom. The van der Waals surface area contributed by atoms with Crippen molar-refractivity contribution in [3.63, 3.8) is 0 Å². The van der Waals surface area contributed by atoms with Gasteiger partial charge in [0.15, 0.2) is 5.82 Å². The van der Waals surface area contributed by atoms with Crippen molar-refractivity contribution >= 4 is 40.0 Å². The number of aromatic nitrogens is 4. The van der Waals surface area contributed by atoms with Gasteiger partial charge in [0, 0.05) is 43.2 Å². The molecule has 2 atom stereocenters. The molecule has 0 spiro atoms. The number of benzene rings is 1. The third-order valence-corrected chi connectivity index (χ3v) is 7.80. The molecule has 1 aromatic carbocycles. The minimum atomic E-state index is -0.732. The van der Waals surface area contributed by atoms with Gasteiger partial charge >= 0.3 is 12.1 Å². The molecule has 0 radical (unpaired) electrons. The number of esters is 1. The van der Waals surface area contributed by atoms with Crippen LogP contribution in [0.3, 0.4) is 0 Å². The molecule has 11 heteroatoms. The van der Waals surface area contributed by atoms with E-state index in [0.29, 0.717) is 17.0 Å². The van der Waals surface area contributed by atoms with Gasteiger partial charge in [-0.3, -0.25) is 9.69 Å². The zero-order valence-corrected chi connectivity index (χ0v) is 24.9. The van der Waals surface area contributed by atoms with Gasteiger partial charge in [-0.2, -0.15) is 0 Å². The second-order valence-corrected chi connectivity index (χ2v) is 12.3. The highest BCUT2D eigenvalue weighted by atomic mass is 16.6. The van der Waals surface area contributed by atoms with Crippen molar-refractivity contribution in [1.82, 2.24) is 29.3 Å². The number of fused-ring (bicyclic) bond motifs is 2. The molecule has 1 aliphatic heterocycles. The van der Waals surface area contributed by atoms with E-state index >= 15 is 0 Å². The molecule has 4 aromatic rings. The lowest BCUT2D eigenvalue weighted by molar-refractivity contribution is -0.142. The number of ether oxygens (including phenoxy) is 2. The summed E-state index contributed by atoms with van der Waals surface area (Å²) in [5.74, 6) is 0.474. The van der Waals surface area contributed by atoms with E-state index in [4.69, 9.17) is 14.5 Å². The van der Waals surface area contributed by atoms with Crippen LogP contribution in [0.1, 0.15) is 50.4 Å².